The molecule has 0 bridgehead atoms. The van der Waals surface area contributed by atoms with E-state index in [0.29, 0.717) is 17.6 Å². The number of nitrogens with zero attached hydrogens (tertiary/aromatic N) is 5. The zero-order chi connectivity index (χ0) is 25.0. The van der Waals surface area contributed by atoms with Crippen molar-refractivity contribution in [3.8, 4) is 0 Å². The van der Waals surface area contributed by atoms with E-state index in [9.17, 15) is 4.79 Å². The standard InChI is InChI=1S/C28H33N7O2/c36-27(35-11-7-20(8-12-35)19-34-13-15-37-16-14-34)26-18-21-17-22(4-5-23(21)32-26)31-28-30-10-6-25(33-28)24-3-1-2-9-29-24/h3-6,9-10,17-18,20,32H,1-2,7-8,11-16,19H2,(H,30,31,33). The van der Waals surface area contributed by atoms with E-state index in [2.05, 4.69) is 36.2 Å². The molecule has 3 aromatic rings. The normalized spacial score (nSPS) is 19.2. The van der Waals surface area contributed by atoms with Gasteiger partial charge in [-0.1, -0.05) is 6.08 Å². The van der Waals surface area contributed by atoms with E-state index in [4.69, 9.17) is 4.74 Å². The number of aromatic nitrogens is 3. The number of aliphatic imine (C=N–C) groups is 1. The molecule has 0 saturated carbocycles. The summed E-state index contributed by atoms with van der Waals surface area (Å²) >= 11 is 0. The van der Waals surface area contributed by atoms with Crippen LogP contribution in [0.3, 0.4) is 0 Å². The lowest BCUT2D eigenvalue weighted by Crippen LogP contribution is -2.44. The van der Waals surface area contributed by atoms with E-state index < -0.39 is 0 Å². The highest BCUT2D eigenvalue weighted by Crippen LogP contribution is 2.25. The van der Waals surface area contributed by atoms with Crippen LogP contribution in [0.5, 0.6) is 0 Å². The van der Waals surface area contributed by atoms with Gasteiger partial charge in [-0.15, -0.1) is 0 Å². The van der Waals surface area contributed by atoms with Crippen LogP contribution in [-0.4, -0.2) is 82.8 Å². The Kier molecular flexibility index (Phi) is 6.96. The second-order valence-electron chi connectivity index (χ2n) is 10.0. The molecule has 37 heavy (non-hydrogen) atoms. The molecule has 5 heterocycles. The van der Waals surface area contributed by atoms with Crippen LogP contribution in [-0.2, 0) is 4.74 Å². The molecular formula is C28H33N7O2. The maximum Gasteiger partial charge on any atom is 0.270 e. The number of hydrogen-bond donors (Lipinski definition) is 2. The molecular weight excluding hydrogens is 466 g/mol. The van der Waals surface area contributed by atoms with Gasteiger partial charge in [-0.3, -0.25) is 14.7 Å². The number of amides is 1. The van der Waals surface area contributed by atoms with Gasteiger partial charge in [-0.05, 0) is 61.9 Å². The predicted molar refractivity (Wildman–Crippen MR) is 145 cm³/mol. The van der Waals surface area contributed by atoms with Gasteiger partial charge in [0.05, 0.1) is 24.6 Å². The molecule has 0 atom stereocenters. The van der Waals surface area contributed by atoms with Crippen LogP contribution in [0.4, 0.5) is 11.6 Å². The maximum atomic E-state index is 13.2. The van der Waals surface area contributed by atoms with Gasteiger partial charge in [0.2, 0.25) is 5.95 Å². The molecule has 2 N–H and O–H groups in total. The molecule has 2 aromatic heterocycles. The molecule has 3 aliphatic heterocycles. The average molecular weight is 500 g/mol. The molecule has 2 saturated heterocycles. The lowest BCUT2D eigenvalue weighted by molar-refractivity contribution is 0.0242. The second kappa shape index (κ2) is 10.8. The summed E-state index contributed by atoms with van der Waals surface area (Å²) in [6.45, 7) is 6.45. The number of H-pyrrole nitrogens is 1. The number of ether oxygens (including phenoxy) is 1. The van der Waals surface area contributed by atoms with Crippen molar-refractivity contribution in [2.75, 3.05) is 51.3 Å². The van der Waals surface area contributed by atoms with Gasteiger partial charge in [-0.25, -0.2) is 9.97 Å². The van der Waals surface area contributed by atoms with Crippen molar-refractivity contribution in [1.82, 2.24) is 24.8 Å². The van der Waals surface area contributed by atoms with Crippen LogP contribution in [0, 0.1) is 5.92 Å². The number of anilines is 2. The van der Waals surface area contributed by atoms with Crippen LogP contribution in [0.2, 0.25) is 0 Å². The number of carbonyl (C=O) groups excluding carboxylic acids is 1. The van der Waals surface area contributed by atoms with Crippen LogP contribution in [0.25, 0.3) is 16.6 Å². The topological polar surface area (TPSA) is 98.7 Å². The van der Waals surface area contributed by atoms with Crippen molar-refractivity contribution in [2.24, 2.45) is 10.9 Å². The molecule has 0 radical (unpaired) electrons. The van der Waals surface area contributed by atoms with Gasteiger partial charge in [0.15, 0.2) is 0 Å². The summed E-state index contributed by atoms with van der Waals surface area (Å²) in [4.78, 5) is 34.5. The third-order valence-electron chi connectivity index (χ3n) is 7.41. The first-order chi connectivity index (χ1) is 18.2. The fraction of sp³-hybridized carbons (Fsp3) is 0.429. The van der Waals surface area contributed by atoms with Crippen molar-refractivity contribution in [3.05, 3.63) is 54.0 Å². The molecule has 3 aliphatic rings. The minimum atomic E-state index is 0.0767. The van der Waals surface area contributed by atoms with Gasteiger partial charge in [0, 0.05) is 61.7 Å². The average Bonchev–Trinajstić information content (AvgIpc) is 3.38. The minimum Gasteiger partial charge on any atom is -0.379 e. The Bertz CT molecular complexity index is 1320. The van der Waals surface area contributed by atoms with Crippen molar-refractivity contribution < 1.29 is 9.53 Å². The van der Waals surface area contributed by atoms with Crippen LogP contribution < -0.4 is 5.32 Å². The number of carbonyl (C=O) groups is 1. The SMILES string of the molecule is O=C(c1cc2cc(Nc3nccc(C4=CCCC=N4)n3)ccc2[nH]1)N1CCC(CN2CCOCC2)CC1. The molecule has 1 aromatic carbocycles. The zero-order valence-electron chi connectivity index (χ0n) is 21.0. The first kappa shape index (κ1) is 23.8. The van der Waals surface area contributed by atoms with Gasteiger partial charge in [0.25, 0.3) is 5.91 Å². The molecule has 1 amide bonds. The number of aromatic amines is 1. The Labute approximate surface area is 216 Å². The summed E-state index contributed by atoms with van der Waals surface area (Å²) in [7, 11) is 0. The first-order valence-electron chi connectivity index (χ1n) is 13.3. The summed E-state index contributed by atoms with van der Waals surface area (Å²) in [5.41, 5.74) is 4.13. The highest BCUT2D eigenvalue weighted by molar-refractivity contribution is 5.98. The zero-order valence-corrected chi connectivity index (χ0v) is 21.0. The minimum absolute atomic E-state index is 0.0767. The number of nitrogens with one attached hydrogen (secondary N) is 2. The largest absolute Gasteiger partial charge is 0.379 e. The first-order valence-corrected chi connectivity index (χ1v) is 13.3. The van der Waals surface area contributed by atoms with Crippen molar-refractivity contribution in [3.63, 3.8) is 0 Å². The summed E-state index contributed by atoms with van der Waals surface area (Å²) in [5, 5.41) is 4.27. The summed E-state index contributed by atoms with van der Waals surface area (Å²) in [6.07, 6.45) is 9.82. The molecule has 0 unspecified atom stereocenters. The quantitative estimate of drug-likeness (QED) is 0.530. The Balaban J connectivity index is 1.09. The van der Waals surface area contributed by atoms with Crippen molar-refractivity contribution >= 4 is 40.4 Å². The van der Waals surface area contributed by atoms with Crippen molar-refractivity contribution in [1.29, 1.82) is 0 Å². The number of benzene rings is 1. The molecule has 0 aliphatic carbocycles. The second-order valence-corrected chi connectivity index (χ2v) is 10.0. The number of rotatable bonds is 6. The van der Waals surface area contributed by atoms with E-state index in [1.165, 1.54) is 0 Å². The van der Waals surface area contributed by atoms with E-state index in [1.54, 1.807) is 6.20 Å². The van der Waals surface area contributed by atoms with Gasteiger partial charge >= 0.3 is 0 Å². The third-order valence-corrected chi connectivity index (χ3v) is 7.41. The fourth-order valence-corrected chi connectivity index (χ4v) is 5.34. The fourth-order valence-electron chi connectivity index (χ4n) is 5.34. The molecule has 6 rings (SSSR count). The van der Waals surface area contributed by atoms with E-state index in [1.807, 2.05) is 41.4 Å². The lowest BCUT2D eigenvalue weighted by atomic mass is 9.96. The molecule has 2 fully saturated rings. The molecule has 192 valence electrons. The van der Waals surface area contributed by atoms with Crippen LogP contribution in [0.1, 0.15) is 41.9 Å². The predicted octanol–water partition coefficient (Wildman–Crippen LogP) is 4.09. The lowest BCUT2D eigenvalue weighted by Gasteiger charge is -2.35. The van der Waals surface area contributed by atoms with Gasteiger partial charge in [0.1, 0.15) is 5.69 Å². The van der Waals surface area contributed by atoms with Crippen molar-refractivity contribution in [2.45, 2.75) is 25.7 Å². The highest BCUT2D eigenvalue weighted by Gasteiger charge is 2.26. The Hall–Kier alpha value is -3.56. The van der Waals surface area contributed by atoms with E-state index in [-0.39, 0.29) is 5.91 Å². The summed E-state index contributed by atoms with van der Waals surface area (Å²) in [6, 6.07) is 9.80. The number of hydrogen-bond acceptors (Lipinski definition) is 7. The maximum absolute atomic E-state index is 13.2. The third kappa shape index (κ3) is 5.57. The van der Waals surface area contributed by atoms with E-state index in [0.717, 1.165) is 99.6 Å². The Morgan fingerprint density at radius 1 is 1.08 bits per heavy atom. The van der Waals surface area contributed by atoms with Crippen LogP contribution >= 0.6 is 0 Å². The monoisotopic (exact) mass is 499 g/mol. The number of likely N-dealkylation sites (tertiary alicyclic amines) is 1. The van der Waals surface area contributed by atoms with E-state index >= 15 is 0 Å². The Morgan fingerprint density at radius 3 is 2.76 bits per heavy atom. The highest BCUT2D eigenvalue weighted by atomic mass is 16.5. The van der Waals surface area contributed by atoms with Gasteiger partial charge < -0.3 is 19.9 Å². The smallest absolute Gasteiger partial charge is 0.270 e. The molecule has 9 nitrogen and oxygen atoms in total. The Morgan fingerprint density at radius 2 is 1.95 bits per heavy atom. The number of piperidine rings is 1. The number of fused-ring (bicyclic) bond motifs is 1. The summed E-state index contributed by atoms with van der Waals surface area (Å²) in [5.74, 6) is 1.25. The molecule has 9 heteroatoms. The van der Waals surface area contributed by atoms with Crippen LogP contribution in [0.15, 0.2) is 47.6 Å². The number of morpholine rings is 1. The van der Waals surface area contributed by atoms with Gasteiger partial charge in [-0.2, -0.15) is 0 Å². The summed E-state index contributed by atoms with van der Waals surface area (Å²) < 4.78 is 5.46. The number of allylic oxidation sites excluding steroid dienone is 1. The molecule has 0 spiro atoms.